The van der Waals surface area contributed by atoms with Crippen molar-refractivity contribution in [3.8, 4) is 11.5 Å². The average Bonchev–Trinajstić information content (AvgIpc) is 2.71. The molecule has 0 aromatic heterocycles. The van der Waals surface area contributed by atoms with Crippen molar-refractivity contribution >= 4 is 0 Å². The number of hydrogen-bond acceptors (Lipinski definition) is 4. The molecule has 0 spiro atoms. The summed E-state index contributed by atoms with van der Waals surface area (Å²) in [5.74, 6) is -0.0939. The number of nitrogens with one attached hydrogen (secondary N) is 2. The fraction of sp³-hybridized carbons (Fsp3) is 0.500. The number of phenols is 2. The van der Waals surface area contributed by atoms with Gasteiger partial charge in [0.15, 0.2) is 11.5 Å². The van der Waals surface area contributed by atoms with Gasteiger partial charge in [0, 0.05) is 0 Å². The summed E-state index contributed by atoms with van der Waals surface area (Å²) in [4.78, 5) is 0. The Hall–Kier alpha value is -2.04. The topological polar surface area (TPSA) is 64.5 Å². The Balaban J connectivity index is 1.32. The van der Waals surface area contributed by atoms with Gasteiger partial charge in [-0.2, -0.15) is 0 Å². The van der Waals surface area contributed by atoms with Crippen molar-refractivity contribution in [3.05, 3.63) is 59.7 Å². The zero-order chi connectivity index (χ0) is 19.9. The van der Waals surface area contributed by atoms with Gasteiger partial charge in [0.05, 0.1) is 0 Å². The van der Waals surface area contributed by atoms with Gasteiger partial charge < -0.3 is 20.8 Å². The van der Waals surface area contributed by atoms with Gasteiger partial charge in [-0.1, -0.05) is 62.1 Å². The molecule has 0 aliphatic carbocycles. The molecular formula is C24H36N2O2. The molecule has 0 unspecified atom stereocenters. The van der Waals surface area contributed by atoms with Crippen molar-refractivity contribution in [2.24, 2.45) is 0 Å². The first kappa shape index (κ1) is 22.3. The van der Waals surface area contributed by atoms with Crippen LogP contribution in [-0.4, -0.2) is 36.4 Å². The van der Waals surface area contributed by atoms with E-state index in [1.54, 1.807) is 12.1 Å². The summed E-state index contributed by atoms with van der Waals surface area (Å²) < 4.78 is 0. The van der Waals surface area contributed by atoms with Crippen LogP contribution < -0.4 is 10.6 Å². The van der Waals surface area contributed by atoms with E-state index in [1.807, 2.05) is 6.07 Å². The summed E-state index contributed by atoms with van der Waals surface area (Å²) in [5.41, 5.74) is 2.45. The van der Waals surface area contributed by atoms with Gasteiger partial charge >= 0.3 is 0 Å². The molecule has 4 N–H and O–H groups in total. The van der Waals surface area contributed by atoms with E-state index in [4.69, 9.17) is 0 Å². The average molecular weight is 385 g/mol. The molecule has 0 saturated carbocycles. The molecule has 0 aliphatic heterocycles. The Bertz CT molecular complexity index is 646. The predicted octanol–water partition coefficient (Wildman–Crippen LogP) is 4.40. The number of aromatic hydroxyl groups is 2. The van der Waals surface area contributed by atoms with Crippen LogP contribution in [0, 0.1) is 0 Å². The van der Waals surface area contributed by atoms with Crippen LogP contribution in [0.4, 0.5) is 0 Å². The minimum absolute atomic E-state index is 0.0381. The molecule has 0 radical (unpaired) electrons. The van der Waals surface area contributed by atoms with Gasteiger partial charge in [0.25, 0.3) is 0 Å². The molecule has 0 atom stereocenters. The van der Waals surface area contributed by atoms with Gasteiger partial charge in [-0.3, -0.25) is 0 Å². The molecule has 154 valence electrons. The molecule has 2 rings (SSSR count). The van der Waals surface area contributed by atoms with E-state index >= 15 is 0 Å². The zero-order valence-corrected chi connectivity index (χ0v) is 17.0. The van der Waals surface area contributed by atoms with E-state index in [1.165, 1.54) is 44.1 Å². The molecule has 4 heteroatoms. The van der Waals surface area contributed by atoms with Crippen molar-refractivity contribution in [1.82, 2.24) is 10.6 Å². The fourth-order valence-electron chi connectivity index (χ4n) is 3.29. The Labute approximate surface area is 170 Å². The second kappa shape index (κ2) is 14.0. The van der Waals surface area contributed by atoms with Crippen LogP contribution >= 0.6 is 0 Å². The van der Waals surface area contributed by atoms with Crippen molar-refractivity contribution in [2.45, 2.75) is 51.4 Å². The fourth-order valence-corrected chi connectivity index (χ4v) is 3.29. The molecule has 0 heterocycles. The first-order chi connectivity index (χ1) is 13.8. The van der Waals surface area contributed by atoms with E-state index in [-0.39, 0.29) is 11.5 Å². The largest absolute Gasteiger partial charge is 0.504 e. The lowest BCUT2D eigenvalue weighted by molar-refractivity contribution is 0.403. The van der Waals surface area contributed by atoms with Gasteiger partial charge in [0.2, 0.25) is 0 Å². The Morgan fingerprint density at radius 2 is 1.11 bits per heavy atom. The molecule has 0 saturated heterocycles. The Morgan fingerprint density at radius 1 is 0.536 bits per heavy atom. The number of phenolic OH excluding ortho intramolecular Hbond substituents is 2. The second-order valence-corrected chi connectivity index (χ2v) is 7.43. The highest BCUT2D eigenvalue weighted by Crippen LogP contribution is 2.24. The van der Waals surface area contributed by atoms with Crippen molar-refractivity contribution in [1.29, 1.82) is 0 Å². The van der Waals surface area contributed by atoms with E-state index in [0.717, 1.165) is 44.6 Å². The van der Waals surface area contributed by atoms with Crippen LogP contribution in [0.15, 0.2) is 48.5 Å². The molecule has 2 aromatic carbocycles. The quantitative estimate of drug-likeness (QED) is 0.271. The Kier molecular flexibility index (Phi) is 11.1. The lowest BCUT2D eigenvalue weighted by atomic mass is 10.1. The van der Waals surface area contributed by atoms with Crippen molar-refractivity contribution in [3.63, 3.8) is 0 Å². The standard InChI is InChI=1S/C24H36N2O2/c27-23-13-12-22(20-24(23)28)15-19-26-17-9-4-2-1-3-8-16-25-18-14-21-10-6-5-7-11-21/h5-7,10-13,20,25-28H,1-4,8-9,14-19H2. The number of benzene rings is 2. The predicted molar refractivity (Wildman–Crippen MR) is 117 cm³/mol. The summed E-state index contributed by atoms with van der Waals surface area (Å²) in [7, 11) is 0. The van der Waals surface area contributed by atoms with Crippen molar-refractivity contribution in [2.75, 3.05) is 26.2 Å². The zero-order valence-electron chi connectivity index (χ0n) is 17.0. The summed E-state index contributed by atoms with van der Waals surface area (Å²) in [6, 6.07) is 15.7. The lowest BCUT2D eigenvalue weighted by Gasteiger charge is -2.07. The minimum atomic E-state index is -0.0559. The molecule has 0 fully saturated rings. The van der Waals surface area contributed by atoms with E-state index < -0.39 is 0 Å². The van der Waals surface area contributed by atoms with Crippen LogP contribution in [0.1, 0.15) is 49.7 Å². The Morgan fingerprint density at radius 3 is 1.71 bits per heavy atom. The normalized spacial score (nSPS) is 11.0. The SMILES string of the molecule is Oc1ccc(CCNCCCCCCCCNCCc2ccccc2)cc1O. The number of unbranched alkanes of at least 4 members (excludes halogenated alkanes) is 5. The van der Waals surface area contributed by atoms with Crippen molar-refractivity contribution < 1.29 is 10.2 Å². The van der Waals surface area contributed by atoms with E-state index in [9.17, 15) is 10.2 Å². The lowest BCUT2D eigenvalue weighted by Crippen LogP contribution is -2.18. The maximum absolute atomic E-state index is 9.48. The van der Waals surface area contributed by atoms with Gasteiger partial charge in [-0.25, -0.2) is 0 Å². The minimum Gasteiger partial charge on any atom is -0.504 e. The third-order valence-corrected chi connectivity index (χ3v) is 5.02. The van der Waals surface area contributed by atoms with E-state index in [0.29, 0.717) is 0 Å². The van der Waals surface area contributed by atoms with Gasteiger partial charge in [-0.05, 0) is 75.1 Å². The van der Waals surface area contributed by atoms with E-state index in [2.05, 4.69) is 41.0 Å². The third kappa shape index (κ3) is 9.77. The van der Waals surface area contributed by atoms with Crippen LogP contribution in [0.2, 0.25) is 0 Å². The second-order valence-electron chi connectivity index (χ2n) is 7.43. The smallest absolute Gasteiger partial charge is 0.157 e. The molecular weight excluding hydrogens is 348 g/mol. The maximum atomic E-state index is 9.48. The molecule has 0 bridgehead atoms. The highest BCUT2D eigenvalue weighted by atomic mass is 16.3. The molecule has 28 heavy (non-hydrogen) atoms. The molecule has 0 aliphatic rings. The summed E-state index contributed by atoms with van der Waals surface area (Å²) in [5, 5.41) is 25.8. The molecule has 2 aromatic rings. The summed E-state index contributed by atoms with van der Waals surface area (Å²) in [6.45, 7) is 4.14. The first-order valence-electron chi connectivity index (χ1n) is 10.7. The molecule has 4 nitrogen and oxygen atoms in total. The van der Waals surface area contributed by atoms with Crippen LogP contribution in [0.25, 0.3) is 0 Å². The number of hydrogen-bond donors (Lipinski definition) is 4. The van der Waals surface area contributed by atoms with Gasteiger partial charge in [0.1, 0.15) is 0 Å². The van der Waals surface area contributed by atoms with Crippen LogP contribution in [0.3, 0.4) is 0 Å². The number of rotatable bonds is 15. The highest BCUT2D eigenvalue weighted by Gasteiger charge is 2.00. The monoisotopic (exact) mass is 384 g/mol. The summed E-state index contributed by atoms with van der Waals surface area (Å²) >= 11 is 0. The highest BCUT2D eigenvalue weighted by molar-refractivity contribution is 5.40. The summed E-state index contributed by atoms with van der Waals surface area (Å²) in [6.07, 6.45) is 9.71. The maximum Gasteiger partial charge on any atom is 0.157 e. The third-order valence-electron chi connectivity index (χ3n) is 5.02. The van der Waals surface area contributed by atoms with Crippen LogP contribution in [-0.2, 0) is 12.8 Å². The van der Waals surface area contributed by atoms with Gasteiger partial charge in [-0.15, -0.1) is 0 Å². The molecule has 0 amide bonds. The van der Waals surface area contributed by atoms with Crippen LogP contribution in [0.5, 0.6) is 11.5 Å². The first-order valence-corrected chi connectivity index (χ1v) is 10.7.